The van der Waals surface area contributed by atoms with Gasteiger partial charge in [0.15, 0.2) is 0 Å². The van der Waals surface area contributed by atoms with Gasteiger partial charge in [-0.3, -0.25) is 0 Å². The maximum absolute atomic E-state index is 2.53. The summed E-state index contributed by atoms with van der Waals surface area (Å²) < 4.78 is 2.42. The molecule has 0 aliphatic heterocycles. The van der Waals surface area contributed by atoms with Crippen LogP contribution >= 0.6 is 0 Å². The Labute approximate surface area is 328 Å². The monoisotopic (exact) mass is 718 g/mol. The number of anilines is 3. The Morgan fingerprint density at radius 2 is 1.00 bits per heavy atom. The van der Waals surface area contributed by atoms with Crippen molar-refractivity contribution in [2.75, 3.05) is 4.90 Å². The van der Waals surface area contributed by atoms with Gasteiger partial charge in [0, 0.05) is 44.2 Å². The van der Waals surface area contributed by atoms with Crippen molar-refractivity contribution in [3.05, 3.63) is 204 Å². The topological polar surface area (TPSA) is 8.17 Å². The summed E-state index contributed by atoms with van der Waals surface area (Å²) in [5.41, 5.74) is 20.0. The molecule has 2 nitrogen and oxygen atoms in total. The molecule has 11 rings (SSSR count). The average Bonchev–Trinajstić information content (AvgIpc) is 3.78. The Kier molecular flexibility index (Phi) is 6.98. The van der Waals surface area contributed by atoms with Crippen molar-refractivity contribution in [2.45, 2.75) is 38.5 Å². The standard InChI is InChI=1S/C54H42N2/c1-53(2)45-22-13-11-20-40(45)41-30-27-38(33-48(41)53)55(39-28-31-43-42-21-12-14-24-49(42)56(51(43)34-39)37-18-9-6-10-19-37)50-25-15-23-46-52(50)44-29-26-36(32-47(44)54(46,3)4)35-16-7-5-8-17-35/h5-34H,1-4H3. The van der Waals surface area contributed by atoms with E-state index in [-0.39, 0.29) is 10.8 Å². The number of rotatable bonds is 5. The molecular weight excluding hydrogens is 677 g/mol. The first-order chi connectivity index (χ1) is 27.3. The van der Waals surface area contributed by atoms with Crippen LogP contribution in [0.15, 0.2) is 182 Å². The fraction of sp³-hybridized carbons (Fsp3) is 0.111. The minimum absolute atomic E-state index is 0.127. The van der Waals surface area contributed by atoms with E-state index in [9.17, 15) is 0 Å². The zero-order valence-electron chi connectivity index (χ0n) is 32.2. The van der Waals surface area contributed by atoms with Crippen LogP contribution in [0.5, 0.6) is 0 Å². The molecule has 1 aromatic heterocycles. The molecule has 268 valence electrons. The van der Waals surface area contributed by atoms with Crippen molar-refractivity contribution in [1.82, 2.24) is 4.57 Å². The third-order valence-electron chi connectivity index (χ3n) is 12.8. The summed E-state index contributed by atoms with van der Waals surface area (Å²) in [5, 5.41) is 2.50. The van der Waals surface area contributed by atoms with E-state index in [1.807, 2.05) is 0 Å². The van der Waals surface area contributed by atoms with Crippen LogP contribution in [0.1, 0.15) is 49.9 Å². The molecule has 0 amide bonds. The highest BCUT2D eigenvalue weighted by molar-refractivity contribution is 6.10. The van der Waals surface area contributed by atoms with Gasteiger partial charge < -0.3 is 9.47 Å². The zero-order chi connectivity index (χ0) is 37.8. The van der Waals surface area contributed by atoms with E-state index in [2.05, 4.69) is 219 Å². The van der Waals surface area contributed by atoms with Gasteiger partial charge in [0.05, 0.1) is 16.7 Å². The highest BCUT2D eigenvalue weighted by Gasteiger charge is 2.39. The molecular formula is C54H42N2. The molecule has 0 fully saturated rings. The Hall–Kier alpha value is -6.64. The summed E-state index contributed by atoms with van der Waals surface area (Å²) in [5.74, 6) is 0. The molecule has 2 aliphatic rings. The van der Waals surface area contributed by atoms with E-state index < -0.39 is 0 Å². The number of fused-ring (bicyclic) bond motifs is 9. The fourth-order valence-corrected chi connectivity index (χ4v) is 9.98. The van der Waals surface area contributed by atoms with Gasteiger partial charge in [-0.05, 0) is 105 Å². The molecule has 0 spiro atoms. The van der Waals surface area contributed by atoms with Crippen molar-refractivity contribution >= 4 is 38.9 Å². The Morgan fingerprint density at radius 3 is 1.84 bits per heavy atom. The molecule has 0 atom stereocenters. The number of benzene rings is 8. The number of hydrogen-bond acceptors (Lipinski definition) is 1. The van der Waals surface area contributed by atoms with Gasteiger partial charge in [-0.15, -0.1) is 0 Å². The molecule has 56 heavy (non-hydrogen) atoms. The lowest BCUT2D eigenvalue weighted by atomic mass is 9.81. The summed E-state index contributed by atoms with van der Waals surface area (Å²) in [6.45, 7) is 9.53. The summed E-state index contributed by atoms with van der Waals surface area (Å²) in [4.78, 5) is 2.53. The molecule has 0 radical (unpaired) electrons. The van der Waals surface area contributed by atoms with Crippen LogP contribution < -0.4 is 4.90 Å². The molecule has 8 aromatic carbocycles. The van der Waals surface area contributed by atoms with Gasteiger partial charge in [0.2, 0.25) is 0 Å². The van der Waals surface area contributed by atoms with E-state index in [1.165, 1.54) is 83.1 Å². The van der Waals surface area contributed by atoms with E-state index in [4.69, 9.17) is 0 Å². The molecule has 1 heterocycles. The predicted octanol–water partition coefficient (Wildman–Crippen LogP) is 14.5. The van der Waals surface area contributed by atoms with E-state index in [0.717, 1.165) is 17.1 Å². The van der Waals surface area contributed by atoms with Crippen molar-refractivity contribution < 1.29 is 0 Å². The van der Waals surface area contributed by atoms with Crippen molar-refractivity contribution in [3.63, 3.8) is 0 Å². The normalized spacial score (nSPS) is 14.4. The first-order valence-corrected chi connectivity index (χ1v) is 19.8. The second-order valence-corrected chi connectivity index (χ2v) is 16.6. The number of nitrogens with zero attached hydrogens (tertiary/aromatic N) is 2. The molecule has 0 saturated heterocycles. The second-order valence-electron chi connectivity index (χ2n) is 16.6. The van der Waals surface area contributed by atoms with Crippen molar-refractivity contribution in [2.24, 2.45) is 0 Å². The van der Waals surface area contributed by atoms with Gasteiger partial charge in [0.1, 0.15) is 0 Å². The SMILES string of the molecule is CC1(C)c2ccccc2-c2ccc(N(c3ccc4c5ccccc5n(-c5ccccc5)c4c3)c3cccc4c3-c3ccc(-c5ccccc5)cc3C4(C)C)cc21. The largest absolute Gasteiger partial charge is 0.310 e. The first-order valence-electron chi connectivity index (χ1n) is 19.8. The quantitative estimate of drug-likeness (QED) is 0.172. The van der Waals surface area contributed by atoms with Crippen LogP contribution in [0, 0.1) is 0 Å². The van der Waals surface area contributed by atoms with Gasteiger partial charge >= 0.3 is 0 Å². The minimum Gasteiger partial charge on any atom is -0.310 e. The molecule has 2 aliphatic carbocycles. The highest BCUT2D eigenvalue weighted by Crippen LogP contribution is 2.56. The highest BCUT2D eigenvalue weighted by atomic mass is 15.1. The maximum atomic E-state index is 2.53. The van der Waals surface area contributed by atoms with E-state index >= 15 is 0 Å². The van der Waals surface area contributed by atoms with Gasteiger partial charge in [-0.1, -0.05) is 155 Å². The Balaban J connectivity index is 1.18. The number of hydrogen-bond donors (Lipinski definition) is 0. The van der Waals surface area contributed by atoms with E-state index in [1.54, 1.807) is 0 Å². The molecule has 0 unspecified atom stereocenters. The third kappa shape index (κ3) is 4.62. The first kappa shape index (κ1) is 32.8. The maximum Gasteiger partial charge on any atom is 0.0561 e. The molecule has 0 saturated carbocycles. The van der Waals surface area contributed by atoms with E-state index in [0.29, 0.717) is 0 Å². The summed E-state index contributed by atoms with van der Waals surface area (Å²) >= 11 is 0. The lowest BCUT2D eigenvalue weighted by Gasteiger charge is -2.30. The lowest BCUT2D eigenvalue weighted by Crippen LogP contribution is -2.17. The Bertz CT molecular complexity index is 3020. The molecule has 0 bridgehead atoms. The number of aromatic nitrogens is 1. The Morgan fingerprint density at radius 1 is 0.393 bits per heavy atom. The third-order valence-corrected chi connectivity index (χ3v) is 12.8. The second kappa shape index (κ2) is 11.9. The van der Waals surface area contributed by atoms with Crippen LogP contribution in [0.25, 0.3) is 60.9 Å². The smallest absolute Gasteiger partial charge is 0.0561 e. The average molecular weight is 719 g/mol. The molecule has 0 N–H and O–H groups in total. The van der Waals surface area contributed by atoms with Crippen LogP contribution in [-0.4, -0.2) is 4.57 Å². The van der Waals surface area contributed by atoms with Gasteiger partial charge in [0.25, 0.3) is 0 Å². The minimum atomic E-state index is -0.178. The van der Waals surface area contributed by atoms with Gasteiger partial charge in [-0.2, -0.15) is 0 Å². The van der Waals surface area contributed by atoms with Crippen molar-refractivity contribution in [3.8, 4) is 39.1 Å². The summed E-state index contributed by atoms with van der Waals surface area (Å²) in [7, 11) is 0. The van der Waals surface area contributed by atoms with Crippen LogP contribution in [0.3, 0.4) is 0 Å². The van der Waals surface area contributed by atoms with Crippen molar-refractivity contribution in [1.29, 1.82) is 0 Å². The molecule has 9 aromatic rings. The zero-order valence-corrected chi connectivity index (χ0v) is 32.2. The van der Waals surface area contributed by atoms with Crippen LogP contribution in [-0.2, 0) is 10.8 Å². The summed E-state index contributed by atoms with van der Waals surface area (Å²) in [6, 6.07) is 67.5. The molecule has 2 heteroatoms. The number of para-hydroxylation sites is 2. The summed E-state index contributed by atoms with van der Waals surface area (Å²) in [6.07, 6.45) is 0. The fourth-order valence-electron chi connectivity index (χ4n) is 9.98. The van der Waals surface area contributed by atoms with Crippen LogP contribution in [0.4, 0.5) is 17.1 Å². The predicted molar refractivity (Wildman–Crippen MR) is 236 cm³/mol. The van der Waals surface area contributed by atoms with Crippen LogP contribution in [0.2, 0.25) is 0 Å². The van der Waals surface area contributed by atoms with Gasteiger partial charge in [-0.25, -0.2) is 0 Å². The lowest BCUT2D eigenvalue weighted by molar-refractivity contribution is 0.660.